The van der Waals surface area contributed by atoms with Crippen molar-refractivity contribution in [2.45, 2.75) is 19.9 Å². The highest BCUT2D eigenvalue weighted by Gasteiger charge is 2.12. The minimum Gasteiger partial charge on any atom is -0.497 e. The Morgan fingerprint density at radius 3 is 2.67 bits per heavy atom. The van der Waals surface area contributed by atoms with Crippen molar-refractivity contribution in [1.82, 2.24) is 4.57 Å². The van der Waals surface area contributed by atoms with Crippen molar-refractivity contribution in [1.29, 1.82) is 0 Å². The van der Waals surface area contributed by atoms with Gasteiger partial charge in [0.2, 0.25) is 0 Å². The summed E-state index contributed by atoms with van der Waals surface area (Å²) in [6.45, 7) is 2.29. The summed E-state index contributed by atoms with van der Waals surface area (Å²) in [4.78, 5) is 29.1. The number of ether oxygens (including phenoxy) is 2. The van der Waals surface area contributed by atoms with Gasteiger partial charge in [0.15, 0.2) is 4.80 Å². The van der Waals surface area contributed by atoms with Gasteiger partial charge in [-0.05, 0) is 31.2 Å². The number of thiazole rings is 1. The van der Waals surface area contributed by atoms with Crippen molar-refractivity contribution in [3.05, 3.63) is 58.4 Å². The third-order valence-corrected chi connectivity index (χ3v) is 5.18. The molecule has 0 aliphatic carbocycles. The van der Waals surface area contributed by atoms with Crippen molar-refractivity contribution in [3.63, 3.8) is 0 Å². The molecule has 0 bridgehead atoms. The zero-order valence-corrected chi connectivity index (χ0v) is 16.2. The Hall–Kier alpha value is -2.93. The molecule has 0 radical (unpaired) electrons. The van der Waals surface area contributed by atoms with E-state index in [1.54, 1.807) is 19.2 Å². The summed E-state index contributed by atoms with van der Waals surface area (Å²) in [5, 5.41) is 0. The molecule has 1 heterocycles. The summed E-state index contributed by atoms with van der Waals surface area (Å²) in [6.07, 6.45) is 0.186. The second-order valence-corrected chi connectivity index (χ2v) is 6.99. The first-order valence-corrected chi connectivity index (χ1v) is 9.23. The normalized spacial score (nSPS) is 11.6. The second-order valence-electron chi connectivity index (χ2n) is 5.98. The standard InChI is InChI=1S/C20H20N2O4S/c1-13-5-4-6-14(11-13)19(24)21-20-22(10-9-18(23)26-3)16-12-15(25-2)7-8-17(16)27-20/h4-8,11-12H,9-10H2,1-3H3. The second kappa shape index (κ2) is 8.18. The van der Waals surface area contributed by atoms with Gasteiger partial charge in [0.1, 0.15) is 5.75 Å². The zero-order chi connectivity index (χ0) is 19.4. The lowest BCUT2D eigenvalue weighted by Crippen LogP contribution is -2.19. The van der Waals surface area contributed by atoms with Gasteiger partial charge in [-0.1, -0.05) is 29.0 Å². The van der Waals surface area contributed by atoms with Crippen molar-refractivity contribution in [3.8, 4) is 5.75 Å². The molecule has 0 saturated heterocycles. The molecule has 2 aromatic carbocycles. The van der Waals surface area contributed by atoms with E-state index in [2.05, 4.69) is 4.99 Å². The Morgan fingerprint density at radius 1 is 1.15 bits per heavy atom. The molecule has 140 valence electrons. The van der Waals surface area contributed by atoms with Gasteiger partial charge in [-0.25, -0.2) is 0 Å². The Balaban J connectivity index is 2.09. The third kappa shape index (κ3) is 4.25. The Morgan fingerprint density at radius 2 is 1.96 bits per heavy atom. The number of benzene rings is 2. The maximum absolute atomic E-state index is 12.6. The largest absolute Gasteiger partial charge is 0.497 e. The predicted molar refractivity (Wildman–Crippen MR) is 104 cm³/mol. The molecule has 0 saturated carbocycles. The molecule has 7 heteroatoms. The smallest absolute Gasteiger partial charge is 0.307 e. The quantitative estimate of drug-likeness (QED) is 0.633. The fourth-order valence-corrected chi connectivity index (χ4v) is 3.75. The molecule has 0 N–H and O–H groups in total. The van der Waals surface area contributed by atoms with Crippen LogP contribution in [-0.4, -0.2) is 30.7 Å². The molecule has 6 nitrogen and oxygen atoms in total. The predicted octanol–water partition coefficient (Wildman–Crippen LogP) is 3.32. The van der Waals surface area contributed by atoms with Crippen LogP contribution in [0.15, 0.2) is 47.5 Å². The number of methoxy groups -OCH3 is 2. The monoisotopic (exact) mass is 384 g/mol. The van der Waals surface area contributed by atoms with Crippen LogP contribution in [0.3, 0.4) is 0 Å². The molecule has 1 aromatic heterocycles. The van der Waals surface area contributed by atoms with E-state index in [9.17, 15) is 9.59 Å². The number of amides is 1. The average molecular weight is 384 g/mol. The van der Waals surface area contributed by atoms with Crippen LogP contribution in [0, 0.1) is 6.92 Å². The van der Waals surface area contributed by atoms with Gasteiger partial charge in [-0.2, -0.15) is 4.99 Å². The van der Waals surface area contributed by atoms with E-state index in [4.69, 9.17) is 9.47 Å². The number of nitrogens with zero attached hydrogens (tertiary/aromatic N) is 2. The molecule has 0 aliphatic heterocycles. The number of hydrogen-bond donors (Lipinski definition) is 0. The molecular formula is C20H20N2O4S. The van der Waals surface area contributed by atoms with Crippen molar-refractivity contribution in [2.75, 3.05) is 14.2 Å². The van der Waals surface area contributed by atoms with Crippen LogP contribution in [0.2, 0.25) is 0 Å². The van der Waals surface area contributed by atoms with Gasteiger partial charge < -0.3 is 14.0 Å². The number of fused-ring (bicyclic) bond motifs is 1. The SMILES string of the molecule is COC(=O)CCn1c(=NC(=O)c2cccc(C)c2)sc2ccc(OC)cc21. The van der Waals surface area contributed by atoms with Crippen LogP contribution in [-0.2, 0) is 16.1 Å². The van der Waals surface area contributed by atoms with Crippen molar-refractivity contribution >= 4 is 33.4 Å². The fraction of sp³-hybridized carbons (Fsp3) is 0.250. The summed E-state index contributed by atoms with van der Waals surface area (Å²) >= 11 is 1.40. The van der Waals surface area contributed by atoms with Crippen LogP contribution in [0.25, 0.3) is 10.2 Å². The van der Waals surface area contributed by atoms with Crippen LogP contribution < -0.4 is 9.54 Å². The van der Waals surface area contributed by atoms with Crippen LogP contribution in [0.5, 0.6) is 5.75 Å². The van der Waals surface area contributed by atoms with E-state index in [0.29, 0.717) is 22.7 Å². The van der Waals surface area contributed by atoms with Crippen LogP contribution in [0.1, 0.15) is 22.3 Å². The summed E-state index contributed by atoms with van der Waals surface area (Å²) in [5.74, 6) is 0.0634. The molecule has 0 fully saturated rings. The number of hydrogen-bond acceptors (Lipinski definition) is 5. The molecule has 0 aliphatic rings. The van der Waals surface area contributed by atoms with E-state index < -0.39 is 0 Å². The Bertz CT molecular complexity index is 1070. The van der Waals surface area contributed by atoms with Crippen molar-refractivity contribution < 1.29 is 19.1 Å². The maximum Gasteiger partial charge on any atom is 0.307 e. The van der Waals surface area contributed by atoms with E-state index in [1.807, 2.05) is 41.8 Å². The summed E-state index contributed by atoms with van der Waals surface area (Å²) in [6, 6.07) is 13.0. The number of aryl methyl sites for hydroxylation is 2. The van der Waals surface area contributed by atoms with Gasteiger partial charge in [0, 0.05) is 18.2 Å². The molecular weight excluding hydrogens is 364 g/mol. The van der Waals surface area contributed by atoms with E-state index in [0.717, 1.165) is 15.8 Å². The average Bonchev–Trinajstić information content (AvgIpc) is 3.01. The Kier molecular flexibility index (Phi) is 5.71. The van der Waals surface area contributed by atoms with E-state index in [-0.39, 0.29) is 18.3 Å². The van der Waals surface area contributed by atoms with Crippen LogP contribution >= 0.6 is 11.3 Å². The van der Waals surface area contributed by atoms with Gasteiger partial charge in [0.05, 0.1) is 30.9 Å². The highest BCUT2D eigenvalue weighted by atomic mass is 32.1. The summed E-state index contributed by atoms with van der Waals surface area (Å²) in [7, 11) is 2.95. The highest BCUT2D eigenvalue weighted by molar-refractivity contribution is 7.16. The Labute approximate surface area is 160 Å². The minimum atomic E-state index is -0.319. The summed E-state index contributed by atoms with van der Waals surface area (Å²) in [5.41, 5.74) is 2.39. The lowest BCUT2D eigenvalue weighted by atomic mass is 10.1. The maximum atomic E-state index is 12.6. The van der Waals surface area contributed by atoms with Gasteiger partial charge in [-0.3, -0.25) is 9.59 Å². The lowest BCUT2D eigenvalue weighted by molar-refractivity contribution is -0.140. The van der Waals surface area contributed by atoms with Gasteiger partial charge in [0.25, 0.3) is 5.91 Å². The third-order valence-electron chi connectivity index (χ3n) is 4.12. The van der Waals surface area contributed by atoms with Crippen molar-refractivity contribution in [2.24, 2.45) is 4.99 Å². The first kappa shape index (κ1) is 18.8. The number of carbonyl (C=O) groups is 2. The highest BCUT2D eigenvalue weighted by Crippen LogP contribution is 2.23. The number of carbonyl (C=O) groups excluding carboxylic acids is 2. The number of rotatable bonds is 5. The van der Waals surface area contributed by atoms with Crippen LogP contribution in [0.4, 0.5) is 0 Å². The van der Waals surface area contributed by atoms with Gasteiger partial charge in [-0.15, -0.1) is 0 Å². The minimum absolute atomic E-state index is 0.186. The molecule has 0 unspecified atom stereocenters. The summed E-state index contributed by atoms with van der Waals surface area (Å²) < 4.78 is 12.8. The molecule has 1 amide bonds. The molecule has 0 atom stereocenters. The van der Waals surface area contributed by atoms with E-state index >= 15 is 0 Å². The van der Waals surface area contributed by atoms with Gasteiger partial charge >= 0.3 is 5.97 Å². The topological polar surface area (TPSA) is 69.9 Å². The molecule has 3 aromatic rings. The fourth-order valence-electron chi connectivity index (χ4n) is 2.71. The van der Waals surface area contributed by atoms with E-state index in [1.165, 1.54) is 18.4 Å². The number of esters is 1. The molecule has 27 heavy (non-hydrogen) atoms. The molecule has 3 rings (SSSR count). The molecule has 0 spiro atoms. The zero-order valence-electron chi connectivity index (χ0n) is 15.4. The first-order valence-electron chi connectivity index (χ1n) is 8.41. The lowest BCUT2D eigenvalue weighted by Gasteiger charge is -2.06. The number of aromatic nitrogens is 1. The first-order chi connectivity index (χ1) is 13.0.